The second-order valence-corrected chi connectivity index (χ2v) is 14.2. The standard InChI is InChI=1S/C36H49N3O6S/c1-26(2)21-23-39(46(43,44)32-18-16-27(3)17-19-32)31(25-40)24-28(4)20-22-37-35(41)34(38-36(42)45-5)33(29-12-8-6-9-13-29)30-14-10-7-11-15-30/h6-19,26,28,31,33-34,40H,20-25H2,1-5H3,(H,37,41)(H,38,42). The molecule has 0 saturated carbocycles. The fourth-order valence-electron chi connectivity index (χ4n) is 5.53. The molecule has 2 amide bonds. The van der Waals surface area contributed by atoms with Gasteiger partial charge in [-0.05, 0) is 61.3 Å². The molecule has 0 aliphatic heterocycles. The van der Waals surface area contributed by atoms with Crippen LogP contribution < -0.4 is 10.6 Å². The van der Waals surface area contributed by atoms with E-state index in [2.05, 4.69) is 10.6 Å². The molecule has 0 aliphatic carbocycles. The highest BCUT2D eigenvalue weighted by atomic mass is 32.2. The maximum absolute atomic E-state index is 13.7. The minimum Gasteiger partial charge on any atom is -0.453 e. The Morgan fingerprint density at radius 1 is 0.870 bits per heavy atom. The zero-order valence-corrected chi connectivity index (χ0v) is 28.4. The molecule has 9 nitrogen and oxygen atoms in total. The van der Waals surface area contributed by atoms with E-state index in [1.807, 2.05) is 88.4 Å². The van der Waals surface area contributed by atoms with Gasteiger partial charge in [-0.3, -0.25) is 4.79 Å². The van der Waals surface area contributed by atoms with Crippen molar-refractivity contribution in [1.82, 2.24) is 14.9 Å². The molecule has 3 rings (SSSR count). The predicted octanol–water partition coefficient (Wildman–Crippen LogP) is 5.48. The number of amides is 2. The van der Waals surface area contributed by atoms with Crippen LogP contribution in [0, 0.1) is 18.8 Å². The number of aliphatic hydroxyl groups is 1. The van der Waals surface area contributed by atoms with E-state index in [1.54, 1.807) is 24.3 Å². The van der Waals surface area contributed by atoms with Crippen molar-refractivity contribution >= 4 is 22.0 Å². The van der Waals surface area contributed by atoms with Crippen molar-refractivity contribution in [1.29, 1.82) is 0 Å². The van der Waals surface area contributed by atoms with Crippen LogP contribution in [0.15, 0.2) is 89.8 Å². The lowest BCUT2D eigenvalue weighted by atomic mass is 9.84. The highest BCUT2D eigenvalue weighted by molar-refractivity contribution is 7.89. The molecule has 3 N–H and O–H groups in total. The number of rotatable bonds is 17. The summed E-state index contributed by atoms with van der Waals surface area (Å²) in [5.74, 6) is -0.586. The number of aliphatic hydroxyl groups excluding tert-OH is 1. The SMILES string of the molecule is COC(=O)NC(C(=O)NCCC(C)CC(CO)N(CCC(C)C)S(=O)(=O)c1ccc(C)cc1)C(c1ccccc1)c1ccccc1. The van der Waals surface area contributed by atoms with Gasteiger partial charge in [0, 0.05) is 25.0 Å². The number of hydrogen-bond donors (Lipinski definition) is 3. The molecule has 46 heavy (non-hydrogen) atoms. The van der Waals surface area contributed by atoms with Crippen LogP contribution in [-0.2, 0) is 19.6 Å². The maximum atomic E-state index is 13.7. The molecule has 0 fully saturated rings. The number of ether oxygens (including phenoxy) is 1. The van der Waals surface area contributed by atoms with Gasteiger partial charge in [0.1, 0.15) is 6.04 Å². The second kappa shape index (κ2) is 17.8. The Bertz CT molecular complexity index is 1430. The molecule has 0 bridgehead atoms. The summed E-state index contributed by atoms with van der Waals surface area (Å²) >= 11 is 0. The van der Waals surface area contributed by atoms with Gasteiger partial charge >= 0.3 is 6.09 Å². The zero-order valence-electron chi connectivity index (χ0n) is 27.6. The molecule has 250 valence electrons. The Morgan fingerprint density at radius 3 is 1.93 bits per heavy atom. The van der Waals surface area contributed by atoms with Crippen LogP contribution >= 0.6 is 0 Å². The summed E-state index contributed by atoms with van der Waals surface area (Å²) in [6.45, 7) is 8.24. The topological polar surface area (TPSA) is 125 Å². The Balaban J connectivity index is 1.75. The number of methoxy groups -OCH3 is 1. The van der Waals surface area contributed by atoms with Crippen LogP contribution in [0.25, 0.3) is 0 Å². The smallest absolute Gasteiger partial charge is 0.407 e. The van der Waals surface area contributed by atoms with Crippen LogP contribution in [0.2, 0.25) is 0 Å². The third-order valence-corrected chi connectivity index (χ3v) is 10.1. The Kier molecular flexibility index (Phi) is 14.2. The van der Waals surface area contributed by atoms with Gasteiger partial charge in [-0.2, -0.15) is 4.31 Å². The van der Waals surface area contributed by atoms with Gasteiger partial charge in [-0.1, -0.05) is 99.1 Å². The first-order valence-corrected chi connectivity index (χ1v) is 17.3. The van der Waals surface area contributed by atoms with Crippen molar-refractivity contribution < 1.29 is 27.9 Å². The van der Waals surface area contributed by atoms with E-state index in [9.17, 15) is 23.1 Å². The van der Waals surface area contributed by atoms with E-state index in [1.165, 1.54) is 11.4 Å². The molecule has 0 aliphatic rings. The number of alkyl carbamates (subject to hydrolysis) is 1. The van der Waals surface area contributed by atoms with E-state index in [0.717, 1.165) is 16.7 Å². The Labute approximate surface area is 274 Å². The minimum atomic E-state index is -3.84. The number of carbonyl (C=O) groups excluding carboxylic acids is 2. The van der Waals surface area contributed by atoms with E-state index in [0.29, 0.717) is 32.4 Å². The quantitative estimate of drug-likeness (QED) is 0.178. The van der Waals surface area contributed by atoms with Crippen molar-refractivity contribution in [3.63, 3.8) is 0 Å². The summed E-state index contributed by atoms with van der Waals surface area (Å²) < 4.78 is 33.8. The monoisotopic (exact) mass is 651 g/mol. The lowest BCUT2D eigenvalue weighted by Gasteiger charge is -2.32. The number of aryl methyl sites for hydroxylation is 1. The van der Waals surface area contributed by atoms with Gasteiger partial charge in [-0.15, -0.1) is 0 Å². The van der Waals surface area contributed by atoms with Crippen molar-refractivity contribution in [2.75, 3.05) is 26.8 Å². The van der Waals surface area contributed by atoms with Crippen LogP contribution in [0.5, 0.6) is 0 Å². The summed E-state index contributed by atoms with van der Waals surface area (Å²) in [6, 6.07) is 24.2. The highest BCUT2D eigenvalue weighted by Crippen LogP contribution is 2.29. The van der Waals surface area contributed by atoms with Gasteiger partial charge in [-0.25, -0.2) is 13.2 Å². The van der Waals surface area contributed by atoms with Gasteiger partial charge in [0.05, 0.1) is 18.6 Å². The van der Waals surface area contributed by atoms with E-state index < -0.39 is 34.1 Å². The fraction of sp³-hybridized carbons (Fsp3) is 0.444. The van der Waals surface area contributed by atoms with Crippen LogP contribution in [0.3, 0.4) is 0 Å². The van der Waals surface area contributed by atoms with Crippen molar-refractivity contribution in [3.8, 4) is 0 Å². The lowest BCUT2D eigenvalue weighted by Crippen LogP contribution is -2.50. The largest absolute Gasteiger partial charge is 0.453 e. The summed E-state index contributed by atoms with van der Waals surface area (Å²) in [4.78, 5) is 26.3. The molecular weight excluding hydrogens is 602 g/mol. The average molecular weight is 652 g/mol. The fourth-order valence-corrected chi connectivity index (χ4v) is 7.17. The number of nitrogens with zero attached hydrogens (tertiary/aromatic N) is 1. The number of hydrogen-bond acceptors (Lipinski definition) is 6. The average Bonchev–Trinajstić information content (AvgIpc) is 3.04. The maximum Gasteiger partial charge on any atom is 0.407 e. The highest BCUT2D eigenvalue weighted by Gasteiger charge is 2.34. The Morgan fingerprint density at radius 2 is 1.43 bits per heavy atom. The lowest BCUT2D eigenvalue weighted by molar-refractivity contribution is -0.123. The van der Waals surface area contributed by atoms with Crippen molar-refractivity contribution in [3.05, 3.63) is 102 Å². The zero-order chi connectivity index (χ0) is 33.7. The number of carbonyl (C=O) groups is 2. The molecule has 0 aromatic heterocycles. The van der Waals surface area contributed by atoms with Gasteiger partial charge in [0.2, 0.25) is 15.9 Å². The van der Waals surface area contributed by atoms with Crippen molar-refractivity contribution in [2.45, 2.75) is 69.9 Å². The minimum absolute atomic E-state index is 0.0294. The third kappa shape index (κ3) is 10.4. The molecule has 3 aromatic carbocycles. The van der Waals surface area contributed by atoms with Crippen molar-refractivity contribution in [2.24, 2.45) is 11.8 Å². The second-order valence-electron chi connectivity index (χ2n) is 12.3. The molecule has 0 saturated heterocycles. The first kappa shape index (κ1) is 36.7. The van der Waals surface area contributed by atoms with E-state index in [-0.39, 0.29) is 29.2 Å². The molecule has 3 aromatic rings. The Hall–Kier alpha value is -3.73. The van der Waals surface area contributed by atoms with E-state index >= 15 is 0 Å². The molecule has 3 atom stereocenters. The molecule has 0 radical (unpaired) electrons. The van der Waals surface area contributed by atoms with Crippen LogP contribution in [0.1, 0.15) is 62.6 Å². The van der Waals surface area contributed by atoms with Crippen LogP contribution in [-0.4, -0.2) is 68.7 Å². The molecule has 10 heteroatoms. The van der Waals surface area contributed by atoms with Gasteiger partial charge in [0.15, 0.2) is 0 Å². The van der Waals surface area contributed by atoms with Crippen LogP contribution in [0.4, 0.5) is 4.79 Å². The number of nitrogens with one attached hydrogen (secondary N) is 2. The predicted molar refractivity (Wildman–Crippen MR) is 181 cm³/mol. The van der Waals surface area contributed by atoms with E-state index in [4.69, 9.17) is 4.74 Å². The third-order valence-electron chi connectivity index (χ3n) is 8.18. The molecular formula is C36H49N3O6S. The first-order valence-electron chi connectivity index (χ1n) is 15.9. The molecule has 0 heterocycles. The molecule has 3 unspecified atom stereocenters. The number of benzene rings is 3. The summed E-state index contributed by atoms with van der Waals surface area (Å²) in [5, 5.41) is 16.1. The summed E-state index contributed by atoms with van der Waals surface area (Å²) in [5.41, 5.74) is 2.69. The number of sulfonamides is 1. The normalized spacial score (nSPS) is 13.8. The van der Waals surface area contributed by atoms with Gasteiger partial charge in [0.25, 0.3) is 0 Å². The molecule has 0 spiro atoms. The first-order chi connectivity index (χ1) is 22.0. The summed E-state index contributed by atoms with van der Waals surface area (Å²) in [6.07, 6.45) is 0.894. The van der Waals surface area contributed by atoms with Gasteiger partial charge < -0.3 is 20.5 Å². The summed E-state index contributed by atoms with van der Waals surface area (Å²) in [7, 11) is -2.58.